The predicted octanol–water partition coefficient (Wildman–Crippen LogP) is 13.1. The van der Waals surface area contributed by atoms with Crippen molar-refractivity contribution in [1.29, 1.82) is 0 Å². The van der Waals surface area contributed by atoms with Crippen LogP contribution in [0.2, 0.25) is 0 Å². The van der Waals surface area contributed by atoms with E-state index in [4.69, 9.17) is 14.2 Å². The van der Waals surface area contributed by atoms with Crippen molar-refractivity contribution in [3.8, 4) is 28.4 Å². The fraction of sp³-hybridized carbons (Fsp3) is 0.412. The highest BCUT2D eigenvalue weighted by atomic mass is 16.5. The van der Waals surface area contributed by atoms with E-state index >= 15 is 0 Å². The molecular formula is C51H58O4. The van der Waals surface area contributed by atoms with Gasteiger partial charge in [0.1, 0.15) is 23.9 Å². The van der Waals surface area contributed by atoms with Crippen LogP contribution in [0.15, 0.2) is 103 Å². The molecule has 0 bridgehead atoms. The summed E-state index contributed by atoms with van der Waals surface area (Å²) >= 11 is 0. The summed E-state index contributed by atoms with van der Waals surface area (Å²) in [4.78, 5) is 0. The molecule has 1 saturated carbocycles. The Hall–Kier alpha value is -4.54. The molecule has 4 nitrogen and oxygen atoms in total. The van der Waals surface area contributed by atoms with E-state index < -0.39 is 5.60 Å². The molecule has 0 aromatic heterocycles. The fourth-order valence-electron chi connectivity index (χ4n) is 9.81. The Morgan fingerprint density at radius 3 is 1.87 bits per heavy atom. The predicted molar refractivity (Wildman–Crippen MR) is 226 cm³/mol. The van der Waals surface area contributed by atoms with Gasteiger partial charge in [-0.1, -0.05) is 163 Å². The summed E-state index contributed by atoms with van der Waals surface area (Å²) < 4.78 is 19.7. The van der Waals surface area contributed by atoms with E-state index in [1.54, 1.807) is 0 Å². The van der Waals surface area contributed by atoms with Crippen LogP contribution in [0, 0.1) is 0 Å². The monoisotopic (exact) mass is 734 g/mol. The number of fused-ring (bicyclic) bond motifs is 10. The standard InChI is InChI=1S/C51H58O4/c1-2-3-4-5-6-7-11-18-36-53-40-27-23-38(24-28-40)51(39-25-29-41(30-26-39)54-37-35-52)34-31-45-48-47(42-19-12-13-20-43(42)49(45)55-51)44-21-14-15-22-46(44)50(48)32-16-9-8-10-17-33-50/h12-15,19-31,34,52H,2-11,16-18,32-33,35-37H2,1H3. The molecule has 1 N–H and O–H groups in total. The Kier molecular flexibility index (Phi) is 11.6. The molecule has 1 unspecified atom stereocenters. The van der Waals surface area contributed by atoms with Crippen molar-refractivity contribution in [3.63, 3.8) is 0 Å². The summed E-state index contributed by atoms with van der Waals surface area (Å²) in [5.41, 5.74) is 8.14. The molecule has 1 spiro atoms. The smallest absolute Gasteiger partial charge is 0.178 e. The van der Waals surface area contributed by atoms with Gasteiger partial charge in [-0.2, -0.15) is 0 Å². The van der Waals surface area contributed by atoms with Crippen molar-refractivity contribution in [1.82, 2.24) is 0 Å². The number of ether oxygens (including phenoxy) is 3. The first-order valence-corrected chi connectivity index (χ1v) is 21.3. The van der Waals surface area contributed by atoms with Crippen molar-refractivity contribution in [3.05, 3.63) is 131 Å². The zero-order valence-corrected chi connectivity index (χ0v) is 32.8. The van der Waals surface area contributed by atoms with Gasteiger partial charge in [-0.15, -0.1) is 0 Å². The first-order chi connectivity index (χ1) is 27.2. The molecule has 1 atom stereocenters. The van der Waals surface area contributed by atoms with Crippen LogP contribution in [0.3, 0.4) is 0 Å². The number of benzene rings is 5. The van der Waals surface area contributed by atoms with Gasteiger partial charge >= 0.3 is 0 Å². The fourth-order valence-corrected chi connectivity index (χ4v) is 9.81. The molecule has 8 rings (SSSR count). The molecule has 0 saturated heterocycles. The van der Waals surface area contributed by atoms with Crippen LogP contribution in [0.5, 0.6) is 17.2 Å². The van der Waals surface area contributed by atoms with Crippen LogP contribution in [0.4, 0.5) is 0 Å². The maximum atomic E-state index is 9.39. The first kappa shape index (κ1) is 37.4. The van der Waals surface area contributed by atoms with E-state index in [0.717, 1.165) is 59.6 Å². The lowest BCUT2D eigenvalue weighted by Crippen LogP contribution is -2.35. The lowest BCUT2D eigenvalue weighted by molar-refractivity contribution is 0.162. The third kappa shape index (κ3) is 7.31. The number of aliphatic hydroxyl groups is 1. The maximum absolute atomic E-state index is 9.39. The zero-order valence-electron chi connectivity index (χ0n) is 32.8. The molecule has 2 aliphatic carbocycles. The molecule has 5 aromatic carbocycles. The molecule has 1 aliphatic heterocycles. The summed E-state index contributed by atoms with van der Waals surface area (Å²) in [7, 11) is 0. The summed E-state index contributed by atoms with van der Waals surface area (Å²) in [5, 5.41) is 11.8. The third-order valence-electron chi connectivity index (χ3n) is 12.5. The largest absolute Gasteiger partial charge is 0.494 e. The normalized spacial score (nSPS) is 18.2. The Morgan fingerprint density at radius 1 is 0.618 bits per heavy atom. The number of hydrogen-bond donors (Lipinski definition) is 1. The Bertz CT molecular complexity index is 2070. The van der Waals surface area contributed by atoms with Crippen LogP contribution in [-0.4, -0.2) is 24.9 Å². The average Bonchev–Trinajstić information content (AvgIpc) is 3.51. The van der Waals surface area contributed by atoms with Crippen molar-refractivity contribution in [2.75, 3.05) is 19.8 Å². The van der Waals surface area contributed by atoms with Crippen LogP contribution >= 0.6 is 0 Å². The van der Waals surface area contributed by atoms with Gasteiger partial charge in [0.2, 0.25) is 0 Å². The van der Waals surface area contributed by atoms with Crippen LogP contribution in [0.25, 0.3) is 28.0 Å². The number of aliphatic hydroxyl groups excluding tert-OH is 1. The SMILES string of the molecule is CCCCCCCCCCOc1ccc(C2(c3ccc(OCCO)cc3)C=Cc3c4c(c5ccccc5c3O2)-c2ccccc2C42CCCCCCC2)cc1. The van der Waals surface area contributed by atoms with E-state index in [1.807, 2.05) is 12.1 Å². The van der Waals surface area contributed by atoms with Crippen molar-refractivity contribution in [2.24, 2.45) is 0 Å². The lowest BCUT2D eigenvalue weighted by atomic mass is 9.67. The minimum absolute atomic E-state index is 0.0233. The van der Waals surface area contributed by atoms with Gasteiger partial charge < -0.3 is 19.3 Å². The van der Waals surface area contributed by atoms with Crippen LogP contribution < -0.4 is 14.2 Å². The summed E-state index contributed by atoms with van der Waals surface area (Å²) in [6.45, 7) is 3.24. The van der Waals surface area contributed by atoms with Gasteiger partial charge in [-0.05, 0) is 77.2 Å². The Balaban J connectivity index is 1.18. The topological polar surface area (TPSA) is 47.9 Å². The van der Waals surface area contributed by atoms with Crippen molar-refractivity contribution < 1.29 is 19.3 Å². The van der Waals surface area contributed by atoms with Gasteiger partial charge in [-0.3, -0.25) is 0 Å². The minimum atomic E-state index is -0.880. The van der Waals surface area contributed by atoms with Gasteiger partial charge in [0.05, 0.1) is 13.2 Å². The van der Waals surface area contributed by atoms with Gasteiger partial charge in [0.25, 0.3) is 0 Å². The average molecular weight is 735 g/mol. The molecular weight excluding hydrogens is 677 g/mol. The highest BCUT2D eigenvalue weighted by Gasteiger charge is 2.48. The Morgan fingerprint density at radius 2 is 1.20 bits per heavy atom. The molecule has 5 aromatic rings. The molecule has 0 amide bonds. The first-order valence-electron chi connectivity index (χ1n) is 21.3. The summed E-state index contributed by atoms with van der Waals surface area (Å²) in [5.74, 6) is 2.58. The minimum Gasteiger partial charge on any atom is -0.494 e. The second-order valence-electron chi connectivity index (χ2n) is 16.0. The lowest BCUT2D eigenvalue weighted by Gasteiger charge is -2.40. The highest BCUT2D eigenvalue weighted by Crippen LogP contribution is 2.61. The van der Waals surface area contributed by atoms with Crippen molar-refractivity contribution >= 4 is 16.8 Å². The highest BCUT2D eigenvalue weighted by molar-refractivity contribution is 6.08. The summed E-state index contributed by atoms with van der Waals surface area (Å²) in [6, 6.07) is 34.9. The van der Waals surface area contributed by atoms with Gasteiger partial charge in [-0.25, -0.2) is 0 Å². The molecule has 1 fully saturated rings. The van der Waals surface area contributed by atoms with Crippen LogP contribution in [-0.2, 0) is 11.0 Å². The van der Waals surface area contributed by atoms with Crippen molar-refractivity contribution in [2.45, 2.75) is 114 Å². The van der Waals surface area contributed by atoms with Crippen LogP contribution in [0.1, 0.15) is 131 Å². The number of unbranched alkanes of at least 4 members (excludes halogenated alkanes) is 7. The molecule has 286 valence electrons. The van der Waals surface area contributed by atoms with Gasteiger partial charge in [0, 0.05) is 27.5 Å². The molecule has 55 heavy (non-hydrogen) atoms. The number of rotatable bonds is 15. The van der Waals surface area contributed by atoms with E-state index in [0.29, 0.717) is 0 Å². The molecule has 0 radical (unpaired) electrons. The zero-order chi connectivity index (χ0) is 37.5. The summed E-state index contributed by atoms with van der Waals surface area (Å²) in [6.07, 6.45) is 23.7. The molecule has 4 heteroatoms. The van der Waals surface area contributed by atoms with E-state index in [9.17, 15) is 5.11 Å². The second-order valence-corrected chi connectivity index (χ2v) is 16.0. The van der Waals surface area contributed by atoms with E-state index in [-0.39, 0.29) is 18.6 Å². The van der Waals surface area contributed by atoms with E-state index in [2.05, 4.69) is 104 Å². The Labute approximate surface area is 328 Å². The van der Waals surface area contributed by atoms with Gasteiger partial charge in [0.15, 0.2) is 5.60 Å². The number of hydrogen-bond acceptors (Lipinski definition) is 4. The molecule has 1 heterocycles. The third-order valence-corrected chi connectivity index (χ3v) is 12.5. The maximum Gasteiger partial charge on any atom is 0.178 e. The second kappa shape index (κ2) is 17.1. The van der Waals surface area contributed by atoms with E-state index in [1.165, 1.54) is 110 Å². The molecule has 3 aliphatic rings. The quantitative estimate of drug-likeness (QED) is 0.109.